The number of rotatable bonds is 7. The number of nitrogens with one attached hydrogen (secondary N) is 1. The van der Waals surface area contributed by atoms with Gasteiger partial charge < -0.3 is 15.0 Å². The van der Waals surface area contributed by atoms with Gasteiger partial charge in [0.15, 0.2) is 9.84 Å². The third-order valence-corrected chi connectivity index (χ3v) is 8.76. The summed E-state index contributed by atoms with van der Waals surface area (Å²) < 4.78 is 31.9. The monoisotopic (exact) mass is 445 g/mol. The Balaban J connectivity index is 1.54. The molecule has 3 unspecified atom stereocenters. The number of hydrogen-bond acceptors (Lipinski definition) is 6. The van der Waals surface area contributed by atoms with Crippen LogP contribution in [-0.4, -0.2) is 61.7 Å². The Labute approximate surface area is 182 Å². The number of ether oxygens (including phenoxy) is 1. The Hall–Kier alpha value is -2.44. The molecule has 0 spiro atoms. The predicted molar refractivity (Wildman–Crippen MR) is 111 cm³/mol. The fraction of sp³-hybridized carbons (Fsp3) is 0.591. The molecule has 1 aliphatic heterocycles. The quantitative estimate of drug-likeness (QED) is 0.676. The van der Waals surface area contributed by atoms with Crippen molar-refractivity contribution in [1.82, 2.24) is 10.2 Å². The van der Waals surface area contributed by atoms with E-state index in [1.54, 1.807) is 23.1 Å². The second kappa shape index (κ2) is 8.24. The van der Waals surface area contributed by atoms with Crippen molar-refractivity contribution in [2.75, 3.05) is 19.7 Å². The van der Waals surface area contributed by atoms with Gasteiger partial charge in [-0.1, -0.05) is 18.2 Å². The Morgan fingerprint density at radius 1 is 1.19 bits per heavy atom. The van der Waals surface area contributed by atoms with Crippen LogP contribution in [0.15, 0.2) is 35.2 Å². The van der Waals surface area contributed by atoms with Gasteiger partial charge in [0.25, 0.3) is 0 Å². The molecule has 1 aromatic rings. The molecule has 0 radical (unpaired) electrons. The Morgan fingerprint density at radius 3 is 2.42 bits per heavy atom. The number of nitriles is 1. The molecule has 3 atom stereocenters. The second-order valence-corrected chi connectivity index (χ2v) is 10.9. The summed E-state index contributed by atoms with van der Waals surface area (Å²) in [6, 6.07) is 10.3. The molecule has 3 aliphatic rings. The molecule has 31 heavy (non-hydrogen) atoms. The van der Waals surface area contributed by atoms with Crippen molar-refractivity contribution in [2.45, 2.75) is 54.4 Å². The Kier molecular flexibility index (Phi) is 5.79. The highest BCUT2D eigenvalue weighted by Gasteiger charge is 2.52. The zero-order valence-corrected chi connectivity index (χ0v) is 18.3. The molecule has 8 nitrogen and oxygen atoms in total. The number of benzene rings is 1. The Morgan fingerprint density at radius 2 is 1.84 bits per heavy atom. The molecule has 0 aromatic heterocycles. The SMILES string of the molecule is CCOC1CN(C(=O)C2CC(S(=O)(=O)c3ccccc3)CC2C(=O)NC2(C#N)CC2)C1. The molecular weight excluding hydrogens is 418 g/mol. The van der Waals surface area contributed by atoms with Crippen molar-refractivity contribution in [1.29, 1.82) is 5.26 Å². The second-order valence-electron chi connectivity index (χ2n) is 8.67. The Bertz CT molecular complexity index is 994. The van der Waals surface area contributed by atoms with Gasteiger partial charge >= 0.3 is 0 Å². The number of amides is 2. The maximum Gasteiger partial charge on any atom is 0.226 e. The first-order chi connectivity index (χ1) is 14.8. The van der Waals surface area contributed by atoms with Crippen LogP contribution in [0, 0.1) is 23.2 Å². The highest BCUT2D eigenvalue weighted by Crippen LogP contribution is 2.42. The summed E-state index contributed by atoms with van der Waals surface area (Å²) in [6.45, 7) is 3.37. The summed E-state index contributed by atoms with van der Waals surface area (Å²) in [5.41, 5.74) is -0.863. The molecule has 1 saturated heterocycles. The van der Waals surface area contributed by atoms with Gasteiger partial charge in [0, 0.05) is 19.7 Å². The zero-order valence-electron chi connectivity index (χ0n) is 17.5. The van der Waals surface area contributed by atoms with E-state index in [-0.39, 0.29) is 29.7 Å². The molecule has 0 bridgehead atoms. The lowest BCUT2D eigenvalue weighted by atomic mass is 9.92. The highest BCUT2D eigenvalue weighted by atomic mass is 32.2. The minimum Gasteiger partial charge on any atom is -0.375 e. The maximum absolute atomic E-state index is 13.2. The predicted octanol–water partition coefficient (Wildman–Crippen LogP) is 1.27. The fourth-order valence-corrected chi connectivity index (χ4v) is 6.36. The van der Waals surface area contributed by atoms with Crippen molar-refractivity contribution < 1.29 is 22.7 Å². The lowest BCUT2D eigenvalue weighted by Gasteiger charge is -2.40. The summed E-state index contributed by atoms with van der Waals surface area (Å²) >= 11 is 0. The summed E-state index contributed by atoms with van der Waals surface area (Å²) in [5, 5.41) is 11.3. The smallest absolute Gasteiger partial charge is 0.226 e. The molecule has 2 aliphatic carbocycles. The summed E-state index contributed by atoms with van der Waals surface area (Å²) in [6.07, 6.45) is 1.32. The highest BCUT2D eigenvalue weighted by molar-refractivity contribution is 7.92. The number of nitrogens with zero attached hydrogens (tertiary/aromatic N) is 2. The molecule has 9 heteroatoms. The van der Waals surface area contributed by atoms with Crippen molar-refractivity contribution in [3.8, 4) is 6.07 Å². The van der Waals surface area contributed by atoms with Crippen LogP contribution in [-0.2, 0) is 24.2 Å². The van der Waals surface area contributed by atoms with E-state index in [1.165, 1.54) is 12.1 Å². The van der Waals surface area contributed by atoms with E-state index in [0.29, 0.717) is 32.5 Å². The van der Waals surface area contributed by atoms with Gasteiger partial charge in [0.05, 0.1) is 34.2 Å². The first kappa shape index (κ1) is 21.8. The van der Waals surface area contributed by atoms with E-state index in [2.05, 4.69) is 11.4 Å². The van der Waals surface area contributed by atoms with Crippen molar-refractivity contribution in [3.05, 3.63) is 30.3 Å². The van der Waals surface area contributed by atoms with Gasteiger partial charge in [0.1, 0.15) is 5.54 Å². The van der Waals surface area contributed by atoms with Crippen LogP contribution >= 0.6 is 0 Å². The minimum atomic E-state index is -3.68. The lowest BCUT2D eigenvalue weighted by molar-refractivity contribution is -0.152. The number of sulfone groups is 1. The summed E-state index contributed by atoms with van der Waals surface area (Å²) in [4.78, 5) is 28.0. The van der Waals surface area contributed by atoms with Crippen LogP contribution in [0.25, 0.3) is 0 Å². The van der Waals surface area contributed by atoms with E-state index in [4.69, 9.17) is 4.74 Å². The zero-order chi connectivity index (χ0) is 22.2. The van der Waals surface area contributed by atoms with Gasteiger partial charge in [-0.3, -0.25) is 9.59 Å². The molecular formula is C22H27N3O5S. The molecule has 2 amide bonds. The number of carbonyl (C=O) groups is 2. The molecule has 3 fully saturated rings. The number of hydrogen-bond donors (Lipinski definition) is 1. The van der Waals surface area contributed by atoms with Crippen LogP contribution in [0.2, 0.25) is 0 Å². The van der Waals surface area contributed by atoms with E-state index < -0.39 is 38.4 Å². The normalized spacial score (nSPS) is 27.2. The molecule has 1 N–H and O–H groups in total. The average Bonchev–Trinajstić information content (AvgIpc) is 3.35. The van der Waals surface area contributed by atoms with Crippen molar-refractivity contribution >= 4 is 21.7 Å². The maximum atomic E-state index is 13.2. The third kappa shape index (κ3) is 4.19. The van der Waals surface area contributed by atoms with E-state index in [0.717, 1.165) is 0 Å². The molecule has 4 rings (SSSR count). The number of carbonyl (C=O) groups excluding carboxylic acids is 2. The van der Waals surface area contributed by atoms with E-state index in [9.17, 15) is 23.3 Å². The first-order valence-electron chi connectivity index (χ1n) is 10.7. The fourth-order valence-electron chi connectivity index (χ4n) is 4.52. The summed E-state index contributed by atoms with van der Waals surface area (Å²) in [5.74, 6) is -2.10. The third-order valence-electron chi connectivity index (χ3n) is 6.57. The largest absolute Gasteiger partial charge is 0.375 e. The topological polar surface area (TPSA) is 117 Å². The summed E-state index contributed by atoms with van der Waals surface area (Å²) in [7, 11) is -3.68. The van der Waals surface area contributed by atoms with Gasteiger partial charge in [-0.25, -0.2) is 8.42 Å². The molecule has 1 aromatic carbocycles. The molecule has 166 valence electrons. The van der Waals surface area contributed by atoms with Gasteiger partial charge in [0.2, 0.25) is 11.8 Å². The standard InChI is InChI=1S/C22H27N3O5S/c1-2-30-15-12-25(13-15)21(27)19-11-17(31(28,29)16-6-4-3-5-7-16)10-18(19)20(26)24-22(14-23)8-9-22/h3-7,15,17-19H,2,8-13H2,1H3,(H,24,26). The van der Waals surface area contributed by atoms with Crippen LogP contribution < -0.4 is 5.32 Å². The van der Waals surface area contributed by atoms with Crippen LogP contribution in [0.4, 0.5) is 0 Å². The molecule has 1 heterocycles. The minimum absolute atomic E-state index is 0.0141. The van der Waals surface area contributed by atoms with Gasteiger partial charge in [-0.2, -0.15) is 5.26 Å². The number of likely N-dealkylation sites (tertiary alicyclic amines) is 1. The van der Waals surface area contributed by atoms with E-state index >= 15 is 0 Å². The molecule has 2 saturated carbocycles. The van der Waals surface area contributed by atoms with E-state index in [1.807, 2.05) is 6.92 Å². The average molecular weight is 446 g/mol. The van der Waals surface area contributed by atoms with Crippen molar-refractivity contribution in [3.63, 3.8) is 0 Å². The van der Waals surface area contributed by atoms with Crippen LogP contribution in [0.1, 0.15) is 32.6 Å². The van der Waals surface area contributed by atoms with Crippen LogP contribution in [0.3, 0.4) is 0 Å². The van der Waals surface area contributed by atoms with Crippen molar-refractivity contribution in [2.24, 2.45) is 11.8 Å². The van der Waals surface area contributed by atoms with Gasteiger partial charge in [-0.05, 0) is 44.7 Å². The first-order valence-corrected chi connectivity index (χ1v) is 12.3. The lowest BCUT2D eigenvalue weighted by Crippen LogP contribution is -2.57. The van der Waals surface area contributed by atoms with Gasteiger partial charge in [-0.15, -0.1) is 0 Å². The van der Waals surface area contributed by atoms with Crippen LogP contribution in [0.5, 0.6) is 0 Å².